The van der Waals surface area contributed by atoms with Gasteiger partial charge in [-0.05, 0) is 30.6 Å². The normalized spacial score (nSPS) is 32.0. The predicted octanol–water partition coefficient (Wildman–Crippen LogP) is 2.14. The second kappa shape index (κ2) is 9.09. The Morgan fingerprint density at radius 1 is 1.24 bits per heavy atom. The van der Waals surface area contributed by atoms with Gasteiger partial charge in [-0.3, -0.25) is 0 Å². The summed E-state index contributed by atoms with van der Waals surface area (Å²) in [7, 11) is 1.77. The largest absolute Gasteiger partial charge is 0.383 e. The van der Waals surface area contributed by atoms with E-state index in [1.807, 2.05) is 0 Å². The van der Waals surface area contributed by atoms with E-state index in [1.165, 1.54) is 45.2 Å². The zero-order chi connectivity index (χ0) is 15.0. The summed E-state index contributed by atoms with van der Waals surface area (Å²) < 4.78 is 10.8. The summed E-state index contributed by atoms with van der Waals surface area (Å²) in [6.45, 7) is 10.7. The van der Waals surface area contributed by atoms with E-state index < -0.39 is 0 Å². The van der Waals surface area contributed by atoms with Crippen molar-refractivity contribution in [2.24, 2.45) is 11.3 Å². The van der Waals surface area contributed by atoms with E-state index in [2.05, 4.69) is 17.1 Å². The van der Waals surface area contributed by atoms with Crippen LogP contribution in [0.2, 0.25) is 0 Å². The van der Waals surface area contributed by atoms with Gasteiger partial charge in [0, 0.05) is 46.4 Å². The van der Waals surface area contributed by atoms with Gasteiger partial charge >= 0.3 is 0 Å². The Labute approximate surface area is 130 Å². The van der Waals surface area contributed by atoms with Crippen molar-refractivity contribution in [1.82, 2.24) is 10.2 Å². The van der Waals surface area contributed by atoms with Gasteiger partial charge in [0.25, 0.3) is 0 Å². The average Bonchev–Trinajstić information content (AvgIpc) is 2.75. The minimum atomic E-state index is 0.463. The number of hydrogen-bond acceptors (Lipinski definition) is 4. The molecule has 124 valence electrons. The third kappa shape index (κ3) is 5.85. The lowest BCUT2D eigenvalue weighted by molar-refractivity contribution is 0.0790. The van der Waals surface area contributed by atoms with Gasteiger partial charge in [0.05, 0.1) is 13.2 Å². The van der Waals surface area contributed by atoms with E-state index in [1.54, 1.807) is 7.11 Å². The number of nitrogens with one attached hydrogen (secondary N) is 1. The monoisotopic (exact) mass is 298 g/mol. The first-order chi connectivity index (χ1) is 10.2. The van der Waals surface area contributed by atoms with Crippen LogP contribution in [-0.4, -0.2) is 64.6 Å². The number of methoxy groups -OCH3 is 1. The van der Waals surface area contributed by atoms with Crippen LogP contribution < -0.4 is 5.32 Å². The summed E-state index contributed by atoms with van der Waals surface area (Å²) >= 11 is 0. The van der Waals surface area contributed by atoms with Crippen LogP contribution in [0.4, 0.5) is 0 Å². The molecule has 1 N–H and O–H groups in total. The Kier molecular flexibility index (Phi) is 7.44. The van der Waals surface area contributed by atoms with Crippen LogP contribution in [-0.2, 0) is 9.47 Å². The molecule has 0 aromatic carbocycles. The van der Waals surface area contributed by atoms with Gasteiger partial charge in [-0.2, -0.15) is 0 Å². The molecule has 2 aliphatic rings. The van der Waals surface area contributed by atoms with Gasteiger partial charge in [0.1, 0.15) is 0 Å². The summed E-state index contributed by atoms with van der Waals surface area (Å²) in [4.78, 5) is 2.64. The molecular formula is C17H34N2O2. The number of rotatable bonds is 7. The molecule has 2 fully saturated rings. The van der Waals surface area contributed by atoms with E-state index in [0.717, 1.165) is 45.4 Å². The van der Waals surface area contributed by atoms with Gasteiger partial charge < -0.3 is 19.7 Å². The maximum absolute atomic E-state index is 5.60. The van der Waals surface area contributed by atoms with Crippen molar-refractivity contribution in [1.29, 1.82) is 0 Å². The highest BCUT2D eigenvalue weighted by Crippen LogP contribution is 2.39. The molecule has 0 aromatic rings. The maximum Gasteiger partial charge on any atom is 0.0593 e. The highest BCUT2D eigenvalue weighted by atomic mass is 16.5. The SMILES string of the molecule is COCCNCC1(CN2CCCOCC2)CCC(C)CC1. The van der Waals surface area contributed by atoms with Gasteiger partial charge in [0.15, 0.2) is 0 Å². The van der Waals surface area contributed by atoms with Crippen LogP contribution in [0, 0.1) is 11.3 Å². The molecule has 1 aliphatic carbocycles. The van der Waals surface area contributed by atoms with E-state index in [-0.39, 0.29) is 0 Å². The van der Waals surface area contributed by atoms with Crippen LogP contribution in [0.25, 0.3) is 0 Å². The fourth-order valence-electron chi connectivity index (χ4n) is 3.72. The smallest absolute Gasteiger partial charge is 0.0593 e. The molecule has 0 aromatic heterocycles. The lowest BCUT2D eigenvalue weighted by atomic mass is 9.70. The van der Waals surface area contributed by atoms with Crippen LogP contribution in [0.3, 0.4) is 0 Å². The van der Waals surface area contributed by atoms with Crippen molar-refractivity contribution in [3.05, 3.63) is 0 Å². The molecular weight excluding hydrogens is 264 g/mol. The molecule has 1 saturated heterocycles. The molecule has 0 bridgehead atoms. The van der Waals surface area contributed by atoms with Gasteiger partial charge in [0.2, 0.25) is 0 Å². The van der Waals surface area contributed by atoms with Crippen LogP contribution >= 0.6 is 0 Å². The topological polar surface area (TPSA) is 33.7 Å². The lowest BCUT2D eigenvalue weighted by Crippen LogP contribution is -2.47. The number of nitrogens with zero attached hydrogens (tertiary/aromatic N) is 1. The first kappa shape index (κ1) is 17.2. The van der Waals surface area contributed by atoms with E-state index in [9.17, 15) is 0 Å². The van der Waals surface area contributed by atoms with E-state index >= 15 is 0 Å². The zero-order valence-corrected chi connectivity index (χ0v) is 14.0. The van der Waals surface area contributed by atoms with Gasteiger partial charge in [-0.25, -0.2) is 0 Å². The molecule has 1 heterocycles. The molecule has 0 radical (unpaired) electrons. The van der Waals surface area contributed by atoms with Gasteiger partial charge in [-0.15, -0.1) is 0 Å². The van der Waals surface area contributed by atoms with Crippen LogP contribution in [0.5, 0.6) is 0 Å². The third-order valence-electron chi connectivity index (χ3n) is 5.19. The fraction of sp³-hybridized carbons (Fsp3) is 1.00. The molecule has 1 saturated carbocycles. The summed E-state index contributed by atoms with van der Waals surface area (Å²) in [5, 5.41) is 3.63. The average molecular weight is 298 g/mol. The second-order valence-electron chi connectivity index (χ2n) is 7.09. The molecule has 0 atom stereocenters. The van der Waals surface area contributed by atoms with E-state index in [0.29, 0.717) is 5.41 Å². The Morgan fingerprint density at radius 3 is 2.81 bits per heavy atom. The third-order valence-corrected chi connectivity index (χ3v) is 5.19. The van der Waals surface area contributed by atoms with Crippen molar-refractivity contribution >= 4 is 0 Å². The molecule has 4 nitrogen and oxygen atoms in total. The quantitative estimate of drug-likeness (QED) is 0.730. The molecule has 1 aliphatic heterocycles. The second-order valence-corrected chi connectivity index (χ2v) is 7.09. The Balaban J connectivity index is 1.87. The number of ether oxygens (including phenoxy) is 2. The minimum absolute atomic E-state index is 0.463. The zero-order valence-electron chi connectivity index (χ0n) is 14.0. The van der Waals surface area contributed by atoms with Crippen LogP contribution in [0.15, 0.2) is 0 Å². The summed E-state index contributed by atoms with van der Waals surface area (Å²) in [5.41, 5.74) is 0.463. The van der Waals surface area contributed by atoms with Gasteiger partial charge in [-0.1, -0.05) is 19.8 Å². The van der Waals surface area contributed by atoms with Crippen LogP contribution in [0.1, 0.15) is 39.0 Å². The lowest BCUT2D eigenvalue weighted by Gasteiger charge is -2.43. The van der Waals surface area contributed by atoms with Crippen molar-refractivity contribution in [3.63, 3.8) is 0 Å². The molecule has 0 unspecified atom stereocenters. The summed E-state index contributed by atoms with van der Waals surface area (Å²) in [5.74, 6) is 0.907. The highest BCUT2D eigenvalue weighted by Gasteiger charge is 2.35. The molecule has 4 heteroatoms. The predicted molar refractivity (Wildman–Crippen MR) is 86.7 cm³/mol. The number of hydrogen-bond donors (Lipinski definition) is 1. The summed E-state index contributed by atoms with van der Waals surface area (Å²) in [6.07, 6.45) is 6.69. The maximum atomic E-state index is 5.60. The first-order valence-electron chi connectivity index (χ1n) is 8.74. The molecule has 21 heavy (non-hydrogen) atoms. The molecule has 0 spiro atoms. The standard InChI is InChI=1S/C17H34N2O2/c1-16-4-6-17(7-5-16,14-18-8-12-20-2)15-19-9-3-11-21-13-10-19/h16,18H,3-15H2,1-2H3. The molecule has 2 rings (SSSR count). The minimum Gasteiger partial charge on any atom is -0.383 e. The molecule has 0 amide bonds. The van der Waals surface area contributed by atoms with Crippen molar-refractivity contribution in [3.8, 4) is 0 Å². The summed E-state index contributed by atoms with van der Waals surface area (Å²) in [6, 6.07) is 0. The van der Waals surface area contributed by atoms with Crippen molar-refractivity contribution in [2.45, 2.75) is 39.0 Å². The van der Waals surface area contributed by atoms with Crippen molar-refractivity contribution in [2.75, 3.05) is 59.7 Å². The Hall–Kier alpha value is -0.160. The van der Waals surface area contributed by atoms with E-state index in [4.69, 9.17) is 9.47 Å². The Morgan fingerprint density at radius 2 is 2.05 bits per heavy atom. The Bertz CT molecular complexity index is 270. The van der Waals surface area contributed by atoms with Crippen molar-refractivity contribution < 1.29 is 9.47 Å². The highest BCUT2D eigenvalue weighted by molar-refractivity contribution is 4.89. The fourth-order valence-corrected chi connectivity index (χ4v) is 3.72. The first-order valence-corrected chi connectivity index (χ1v) is 8.74.